The van der Waals surface area contributed by atoms with Crippen LogP contribution in [0.25, 0.3) is 0 Å². The summed E-state index contributed by atoms with van der Waals surface area (Å²) >= 11 is 0. The molecule has 1 atom stereocenters. The molecule has 2 heterocycles. The van der Waals surface area contributed by atoms with Crippen molar-refractivity contribution >= 4 is 23.7 Å². The fourth-order valence-electron chi connectivity index (χ4n) is 3.34. The highest BCUT2D eigenvalue weighted by Crippen LogP contribution is 2.25. The summed E-state index contributed by atoms with van der Waals surface area (Å²) in [6.07, 6.45) is 1.62. The molecule has 154 valence electrons. The van der Waals surface area contributed by atoms with Crippen molar-refractivity contribution in [3.05, 3.63) is 53.6 Å². The topological polar surface area (TPSA) is 85.1 Å². The van der Waals surface area contributed by atoms with Crippen molar-refractivity contribution in [1.82, 2.24) is 5.01 Å². The van der Waals surface area contributed by atoms with Crippen LogP contribution in [0.15, 0.2) is 57.6 Å². The van der Waals surface area contributed by atoms with E-state index < -0.39 is 6.04 Å². The number of carbonyl (C=O) groups excluding carboxylic acids is 1. The molecule has 30 heavy (non-hydrogen) atoms. The molecule has 4 rings (SSSR count). The first-order chi connectivity index (χ1) is 14.6. The van der Waals surface area contributed by atoms with Crippen molar-refractivity contribution in [3.8, 4) is 17.2 Å². The summed E-state index contributed by atoms with van der Waals surface area (Å²) in [7, 11) is 3.22. The zero-order valence-electron chi connectivity index (χ0n) is 17.0. The molecule has 0 radical (unpaired) electrons. The monoisotopic (exact) mass is 406 g/mol. The van der Waals surface area contributed by atoms with E-state index in [1.54, 1.807) is 25.4 Å². The van der Waals surface area contributed by atoms with E-state index in [1.165, 1.54) is 0 Å². The number of amidine groups is 1. The van der Waals surface area contributed by atoms with E-state index in [9.17, 15) is 4.79 Å². The predicted octanol–water partition coefficient (Wildman–Crippen LogP) is 2.70. The Morgan fingerprint density at radius 3 is 2.47 bits per heavy atom. The van der Waals surface area contributed by atoms with E-state index in [1.807, 2.05) is 49.4 Å². The van der Waals surface area contributed by atoms with E-state index in [0.29, 0.717) is 35.2 Å². The van der Waals surface area contributed by atoms with Gasteiger partial charge in [-0.2, -0.15) is 10.1 Å². The molecular weight excluding hydrogens is 384 g/mol. The normalized spacial score (nSPS) is 17.4. The summed E-state index contributed by atoms with van der Waals surface area (Å²) in [6, 6.07) is 12.4. The second-order valence-electron chi connectivity index (χ2n) is 6.70. The lowest BCUT2D eigenvalue weighted by Gasteiger charge is -2.22. The van der Waals surface area contributed by atoms with Crippen LogP contribution in [0.4, 0.5) is 0 Å². The number of aliphatic imine (C=N–C) groups is 2. The van der Waals surface area contributed by atoms with Gasteiger partial charge in [0.2, 0.25) is 0 Å². The highest BCUT2D eigenvalue weighted by atomic mass is 16.5. The van der Waals surface area contributed by atoms with Crippen LogP contribution in [-0.2, 0) is 11.4 Å². The molecule has 0 N–H and O–H groups in total. The molecule has 8 nitrogen and oxygen atoms in total. The summed E-state index contributed by atoms with van der Waals surface area (Å²) < 4.78 is 16.5. The lowest BCUT2D eigenvalue weighted by atomic mass is 10.1. The van der Waals surface area contributed by atoms with Crippen LogP contribution < -0.4 is 14.2 Å². The number of likely N-dealkylation sites (N-methyl/N-ethyl adjacent to an activating group) is 1. The van der Waals surface area contributed by atoms with Crippen LogP contribution >= 0.6 is 0 Å². The highest BCUT2D eigenvalue weighted by Gasteiger charge is 2.36. The molecule has 8 heteroatoms. The number of nitrogens with zero attached hydrogens (tertiary/aromatic N) is 4. The Kier molecular flexibility index (Phi) is 5.47. The number of rotatable bonds is 7. The maximum absolute atomic E-state index is 12.6. The fraction of sp³-hybridized carbons (Fsp3) is 0.273. The van der Waals surface area contributed by atoms with Gasteiger partial charge >= 0.3 is 0 Å². The van der Waals surface area contributed by atoms with Gasteiger partial charge in [0.25, 0.3) is 5.91 Å². The number of hydrogen-bond donors (Lipinski definition) is 0. The number of benzene rings is 2. The lowest BCUT2D eigenvalue weighted by Crippen LogP contribution is -2.41. The number of ether oxygens (including phenoxy) is 3. The molecule has 1 amide bonds. The Labute approximate surface area is 174 Å². The van der Waals surface area contributed by atoms with Crippen molar-refractivity contribution in [3.63, 3.8) is 0 Å². The van der Waals surface area contributed by atoms with E-state index in [-0.39, 0.29) is 12.5 Å². The summed E-state index contributed by atoms with van der Waals surface area (Å²) in [6.45, 7) is 2.84. The molecule has 0 aliphatic carbocycles. The zero-order valence-corrected chi connectivity index (χ0v) is 17.0. The molecule has 2 aliphatic rings. The lowest BCUT2D eigenvalue weighted by molar-refractivity contribution is -0.120. The molecule has 2 aromatic rings. The van der Waals surface area contributed by atoms with Crippen LogP contribution in [-0.4, -0.2) is 55.5 Å². The Hall–Kier alpha value is -3.68. The van der Waals surface area contributed by atoms with Crippen LogP contribution in [0, 0.1) is 0 Å². The fourth-order valence-corrected chi connectivity index (χ4v) is 3.34. The van der Waals surface area contributed by atoms with Crippen molar-refractivity contribution in [2.45, 2.75) is 19.6 Å². The first kappa shape index (κ1) is 19.6. The minimum absolute atomic E-state index is 0.263. The summed E-state index contributed by atoms with van der Waals surface area (Å²) in [5.74, 6) is 2.25. The second-order valence-corrected chi connectivity index (χ2v) is 6.70. The standard InChI is InChI=1S/C22H22N4O4/c1-4-26-20-18(12-23-26)24-21(25-22(20)27)14-5-10-19(29-3)15(11-14)13-30-17-8-6-16(28-2)7-9-17/h5-12,20H,4,13H2,1-3H3. The molecule has 0 bridgehead atoms. The molecule has 0 saturated heterocycles. The van der Waals surface area contributed by atoms with Crippen LogP contribution in [0.5, 0.6) is 17.2 Å². The molecule has 1 unspecified atom stereocenters. The quantitative estimate of drug-likeness (QED) is 0.706. The number of amides is 1. The molecule has 0 aromatic heterocycles. The Bertz CT molecular complexity index is 1040. The molecule has 2 aromatic carbocycles. The van der Waals surface area contributed by atoms with Gasteiger partial charge in [-0.05, 0) is 49.4 Å². The first-order valence-electron chi connectivity index (χ1n) is 9.58. The largest absolute Gasteiger partial charge is 0.497 e. The van der Waals surface area contributed by atoms with Crippen LogP contribution in [0.2, 0.25) is 0 Å². The van der Waals surface area contributed by atoms with E-state index in [0.717, 1.165) is 11.3 Å². The third kappa shape index (κ3) is 3.76. The number of methoxy groups -OCH3 is 2. The van der Waals surface area contributed by atoms with Crippen molar-refractivity contribution < 1.29 is 19.0 Å². The van der Waals surface area contributed by atoms with E-state index >= 15 is 0 Å². The highest BCUT2D eigenvalue weighted by molar-refractivity contribution is 6.43. The summed E-state index contributed by atoms with van der Waals surface area (Å²) in [5.41, 5.74) is 2.14. The summed E-state index contributed by atoms with van der Waals surface area (Å²) in [4.78, 5) is 21.3. The van der Waals surface area contributed by atoms with E-state index in [4.69, 9.17) is 14.2 Å². The van der Waals surface area contributed by atoms with Gasteiger partial charge in [-0.25, -0.2) is 4.99 Å². The van der Waals surface area contributed by atoms with Crippen LogP contribution in [0.3, 0.4) is 0 Å². The molecule has 0 spiro atoms. The Morgan fingerprint density at radius 1 is 1.00 bits per heavy atom. The van der Waals surface area contributed by atoms with Gasteiger partial charge in [-0.1, -0.05) is 0 Å². The van der Waals surface area contributed by atoms with E-state index in [2.05, 4.69) is 15.1 Å². The van der Waals surface area contributed by atoms with Gasteiger partial charge < -0.3 is 14.2 Å². The Balaban J connectivity index is 1.57. The van der Waals surface area contributed by atoms with Gasteiger partial charge in [0.05, 0.1) is 26.1 Å². The zero-order chi connectivity index (χ0) is 21.1. The summed E-state index contributed by atoms with van der Waals surface area (Å²) in [5, 5.41) is 5.92. The van der Waals surface area contributed by atoms with Crippen LogP contribution in [0.1, 0.15) is 18.1 Å². The maximum atomic E-state index is 12.6. The third-order valence-electron chi connectivity index (χ3n) is 4.92. The number of carbonyl (C=O) groups is 1. The smallest absolute Gasteiger partial charge is 0.278 e. The molecule has 2 aliphatic heterocycles. The van der Waals surface area contributed by atoms with Crippen molar-refractivity contribution in [1.29, 1.82) is 0 Å². The van der Waals surface area contributed by atoms with Gasteiger partial charge in [0.15, 0.2) is 11.9 Å². The van der Waals surface area contributed by atoms with Gasteiger partial charge in [0.1, 0.15) is 23.9 Å². The SMILES string of the molecule is CCN1N=CC2=NC(c3ccc(OC)c(COc4ccc(OC)cc4)c3)=NC(=O)C21. The molecule has 0 saturated carbocycles. The molecule has 0 fully saturated rings. The van der Waals surface area contributed by atoms with Gasteiger partial charge in [-0.15, -0.1) is 0 Å². The minimum Gasteiger partial charge on any atom is -0.497 e. The van der Waals surface area contributed by atoms with Crippen molar-refractivity contribution in [2.24, 2.45) is 15.1 Å². The average Bonchev–Trinajstić information content (AvgIpc) is 3.21. The number of hydrogen-bond acceptors (Lipinski definition) is 7. The Morgan fingerprint density at radius 2 is 1.77 bits per heavy atom. The maximum Gasteiger partial charge on any atom is 0.278 e. The molecular formula is C22H22N4O4. The predicted molar refractivity (Wildman–Crippen MR) is 114 cm³/mol. The van der Waals surface area contributed by atoms with Crippen molar-refractivity contribution in [2.75, 3.05) is 20.8 Å². The average molecular weight is 406 g/mol. The first-order valence-corrected chi connectivity index (χ1v) is 9.58. The second kappa shape index (κ2) is 8.36. The van der Waals surface area contributed by atoms with Gasteiger partial charge in [-0.3, -0.25) is 9.80 Å². The third-order valence-corrected chi connectivity index (χ3v) is 4.92. The minimum atomic E-state index is -0.519. The number of hydrazone groups is 1. The number of fused-ring (bicyclic) bond motifs is 1. The van der Waals surface area contributed by atoms with Gasteiger partial charge in [0, 0.05) is 17.7 Å².